The molecule has 0 amide bonds. The molecule has 0 saturated heterocycles. The van der Waals surface area contributed by atoms with Gasteiger partial charge in [-0.3, -0.25) is 0 Å². The summed E-state index contributed by atoms with van der Waals surface area (Å²) < 4.78 is 0. The average Bonchev–Trinajstić information content (AvgIpc) is 2.31. The van der Waals surface area contributed by atoms with Crippen molar-refractivity contribution in [3.05, 3.63) is 41.6 Å². The largest absolute Gasteiger partial charge is 0.359 e. The van der Waals surface area contributed by atoms with Crippen molar-refractivity contribution in [3.63, 3.8) is 0 Å². The minimum atomic E-state index is 0.707. The van der Waals surface area contributed by atoms with Gasteiger partial charge in [0.1, 0.15) is 0 Å². The van der Waals surface area contributed by atoms with Gasteiger partial charge in [-0.05, 0) is 49.9 Å². The minimum absolute atomic E-state index is 0.707. The molecule has 0 aliphatic heterocycles. The lowest BCUT2D eigenvalue weighted by atomic mass is 10.0. The van der Waals surface area contributed by atoms with Crippen molar-refractivity contribution in [1.29, 1.82) is 5.26 Å². The number of hydrogen-bond acceptors (Lipinski definition) is 2. The molecule has 2 heteroatoms. The van der Waals surface area contributed by atoms with Crippen LogP contribution in [0.3, 0.4) is 0 Å². The summed E-state index contributed by atoms with van der Waals surface area (Å²) in [6.07, 6.45) is 7.16. The van der Waals surface area contributed by atoms with E-state index in [4.69, 9.17) is 5.26 Å². The fourth-order valence-corrected chi connectivity index (χ4v) is 1.77. The number of allylic oxidation sites excluding steroid dienone is 2. The van der Waals surface area contributed by atoms with Gasteiger partial charge < -0.3 is 5.32 Å². The van der Waals surface area contributed by atoms with Crippen LogP contribution in [0.5, 0.6) is 0 Å². The van der Waals surface area contributed by atoms with E-state index in [9.17, 15) is 0 Å². The molecule has 76 valence electrons. The maximum atomic E-state index is 8.67. The van der Waals surface area contributed by atoms with Crippen LogP contribution >= 0.6 is 0 Å². The molecule has 0 radical (unpaired) electrons. The molecular weight excluding hydrogens is 184 g/mol. The van der Waals surface area contributed by atoms with Crippen LogP contribution in [0.1, 0.15) is 31.2 Å². The number of anilines is 1. The zero-order chi connectivity index (χ0) is 10.5. The number of hydrogen-bond donors (Lipinski definition) is 1. The van der Waals surface area contributed by atoms with Gasteiger partial charge in [0.15, 0.2) is 0 Å². The molecule has 0 saturated carbocycles. The predicted molar refractivity (Wildman–Crippen MR) is 61.3 cm³/mol. The molecule has 2 nitrogen and oxygen atoms in total. The summed E-state index contributed by atoms with van der Waals surface area (Å²) >= 11 is 0. The van der Waals surface area contributed by atoms with Crippen LogP contribution in [-0.4, -0.2) is 0 Å². The van der Waals surface area contributed by atoms with Crippen LogP contribution in [0.25, 0.3) is 0 Å². The standard InChI is InChI=1S/C13H14N2/c14-10-11-6-8-13(9-7-11)15-12-4-2-1-3-5-12/h4,6-9,15H,1-3,5H2. The van der Waals surface area contributed by atoms with E-state index >= 15 is 0 Å². The first-order valence-corrected chi connectivity index (χ1v) is 5.35. The SMILES string of the molecule is N#Cc1ccc(NC2=CCCCC2)cc1. The molecule has 1 aliphatic rings. The number of benzene rings is 1. The first-order chi connectivity index (χ1) is 7.38. The second-order valence-electron chi connectivity index (χ2n) is 3.79. The zero-order valence-corrected chi connectivity index (χ0v) is 8.66. The van der Waals surface area contributed by atoms with Gasteiger partial charge in [-0.1, -0.05) is 6.08 Å². The third-order valence-corrected chi connectivity index (χ3v) is 2.61. The lowest BCUT2D eigenvalue weighted by Crippen LogP contribution is -2.02. The number of nitrogens with zero attached hydrogens (tertiary/aromatic N) is 1. The van der Waals surface area contributed by atoms with Crippen molar-refractivity contribution < 1.29 is 0 Å². The summed E-state index contributed by atoms with van der Waals surface area (Å²) in [4.78, 5) is 0. The minimum Gasteiger partial charge on any atom is -0.359 e. The molecule has 0 unspecified atom stereocenters. The molecule has 2 rings (SSSR count). The van der Waals surface area contributed by atoms with Gasteiger partial charge in [0.25, 0.3) is 0 Å². The Hall–Kier alpha value is -1.75. The Morgan fingerprint density at radius 3 is 2.53 bits per heavy atom. The lowest BCUT2D eigenvalue weighted by molar-refractivity contribution is 0.704. The summed E-state index contributed by atoms with van der Waals surface area (Å²) in [5.74, 6) is 0. The third kappa shape index (κ3) is 2.60. The summed E-state index contributed by atoms with van der Waals surface area (Å²) in [6.45, 7) is 0. The molecule has 0 heterocycles. The highest BCUT2D eigenvalue weighted by Crippen LogP contribution is 2.20. The molecule has 0 aromatic heterocycles. The van der Waals surface area contributed by atoms with E-state index in [0.717, 1.165) is 12.1 Å². The van der Waals surface area contributed by atoms with Crippen molar-refractivity contribution >= 4 is 5.69 Å². The monoisotopic (exact) mass is 198 g/mol. The molecule has 0 bridgehead atoms. The molecule has 1 N–H and O–H groups in total. The smallest absolute Gasteiger partial charge is 0.0991 e. The summed E-state index contributed by atoms with van der Waals surface area (Å²) in [7, 11) is 0. The first-order valence-electron chi connectivity index (χ1n) is 5.35. The summed E-state index contributed by atoms with van der Waals surface area (Å²) in [5.41, 5.74) is 3.09. The molecule has 1 aliphatic carbocycles. The van der Waals surface area contributed by atoms with Gasteiger partial charge in [-0.25, -0.2) is 0 Å². The average molecular weight is 198 g/mol. The molecular formula is C13H14N2. The topological polar surface area (TPSA) is 35.8 Å². The Morgan fingerprint density at radius 2 is 1.93 bits per heavy atom. The molecule has 15 heavy (non-hydrogen) atoms. The zero-order valence-electron chi connectivity index (χ0n) is 8.66. The van der Waals surface area contributed by atoms with Gasteiger partial charge in [-0.2, -0.15) is 5.26 Å². The summed E-state index contributed by atoms with van der Waals surface area (Å²) in [5, 5.41) is 12.1. The van der Waals surface area contributed by atoms with E-state index in [1.165, 1.54) is 25.0 Å². The van der Waals surface area contributed by atoms with Crippen molar-refractivity contribution in [1.82, 2.24) is 0 Å². The van der Waals surface area contributed by atoms with Gasteiger partial charge in [0.2, 0.25) is 0 Å². The Bertz CT molecular complexity index is 396. The first kappa shape index (κ1) is 9.79. The Labute approximate surface area is 90.2 Å². The van der Waals surface area contributed by atoms with Crippen LogP contribution in [0.15, 0.2) is 36.0 Å². The quantitative estimate of drug-likeness (QED) is 0.790. The highest BCUT2D eigenvalue weighted by atomic mass is 14.9. The fourth-order valence-electron chi connectivity index (χ4n) is 1.77. The van der Waals surface area contributed by atoms with E-state index in [2.05, 4.69) is 17.5 Å². The lowest BCUT2D eigenvalue weighted by Gasteiger charge is -2.14. The van der Waals surface area contributed by atoms with Gasteiger partial charge in [0, 0.05) is 11.4 Å². The molecule has 0 spiro atoms. The van der Waals surface area contributed by atoms with Crippen LogP contribution in [0, 0.1) is 11.3 Å². The number of rotatable bonds is 2. The van der Waals surface area contributed by atoms with E-state index < -0.39 is 0 Å². The van der Waals surface area contributed by atoms with Crippen LogP contribution < -0.4 is 5.32 Å². The third-order valence-electron chi connectivity index (χ3n) is 2.61. The van der Waals surface area contributed by atoms with Crippen molar-refractivity contribution in [2.45, 2.75) is 25.7 Å². The maximum absolute atomic E-state index is 8.67. The second kappa shape index (κ2) is 4.65. The Balaban J connectivity index is 2.04. The van der Waals surface area contributed by atoms with Crippen molar-refractivity contribution in [2.24, 2.45) is 0 Å². The van der Waals surface area contributed by atoms with Crippen LogP contribution in [-0.2, 0) is 0 Å². The van der Waals surface area contributed by atoms with Crippen LogP contribution in [0.4, 0.5) is 5.69 Å². The summed E-state index contributed by atoms with van der Waals surface area (Å²) in [6, 6.07) is 9.70. The highest BCUT2D eigenvalue weighted by molar-refractivity contribution is 5.51. The predicted octanol–water partition coefficient (Wildman–Crippen LogP) is 3.43. The van der Waals surface area contributed by atoms with Gasteiger partial charge in [-0.15, -0.1) is 0 Å². The number of nitrogens with one attached hydrogen (secondary N) is 1. The van der Waals surface area contributed by atoms with E-state index in [1.807, 2.05) is 24.3 Å². The Morgan fingerprint density at radius 1 is 1.13 bits per heavy atom. The van der Waals surface area contributed by atoms with E-state index in [1.54, 1.807) is 0 Å². The molecule has 0 atom stereocenters. The molecule has 1 aromatic carbocycles. The fraction of sp³-hybridized carbons (Fsp3) is 0.308. The van der Waals surface area contributed by atoms with Gasteiger partial charge in [0.05, 0.1) is 11.6 Å². The maximum Gasteiger partial charge on any atom is 0.0991 e. The Kier molecular flexibility index (Phi) is 3.04. The molecule has 0 fully saturated rings. The normalized spacial score (nSPS) is 15.3. The van der Waals surface area contributed by atoms with Crippen LogP contribution in [0.2, 0.25) is 0 Å². The number of nitriles is 1. The highest BCUT2D eigenvalue weighted by Gasteiger charge is 2.03. The molecule has 1 aromatic rings. The second-order valence-corrected chi connectivity index (χ2v) is 3.79. The van der Waals surface area contributed by atoms with E-state index in [0.29, 0.717) is 5.56 Å². The van der Waals surface area contributed by atoms with Gasteiger partial charge >= 0.3 is 0 Å². The van der Waals surface area contributed by atoms with E-state index in [-0.39, 0.29) is 0 Å². The van der Waals surface area contributed by atoms with Crippen molar-refractivity contribution in [2.75, 3.05) is 5.32 Å². The van der Waals surface area contributed by atoms with Crippen molar-refractivity contribution in [3.8, 4) is 6.07 Å².